The fraction of sp³-hybridized carbons (Fsp3) is 0.875. The summed E-state index contributed by atoms with van der Waals surface area (Å²) in [5.41, 5.74) is 1.04. The van der Waals surface area contributed by atoms with Crippen LogP contribution in [-0.4, -0.2) is 45.6 Å². The van der Waals surface area contributed by atoms with Crippen molar-refractivity contribution in [2.24, 2.45) is 11.8 Å². The third-order valence-electron chi connectivity index (χ3n) is 3.72. The number of rotatable bonds is 10. The van der Waals surface area contributed by atoms with Gasteiger partial charge in [0.2, 0.25) is 0 Å². The largest absolute Gasteiger partial charge is 0.311 e. The van der Waals surface area contributed by atoms with Crippen LogP contribution in [0, 0.1) is 11.8 Å². The Morgan fingerprint density at radius 1 is 1.29 bits per heavy atom. The number of nitrogens with one attached hydrogen (secondary N) is 1. The molecule has 1 fully saturated rings. The number of nitrogens with zero attached hydrogens (tertiary/aromatic N) is 4. The van der Waals surface area contributed by atoms with Gasteiger partial charge in [0.1, 0.15) is 0 Å². The summed E-state index contributed by atoms with van der Waals surface area (Å²) in [6.07, 6.45) is 4.82. The molecule has 0 bridgehead atoms. The van der Waals surface area contributed by atoms with Crippen LogP contribution in [0.2, 0.25) is 0 Å². The van der Waals surface area contributed by atoms with Crippen LogP contribution in [0.5, 0.6) is 0 Å². The van der Waals surface area contributed by atoms with Gasteiger partial charge in [0.05, 0.1) is 12.2 Å². The molecular formula is C16H31N5. The van der Waals surface area contributed by atoms with Crippen molar-refractivity contribution in [3.8, 4) is 0 Å². The van der Waals surface area contributed by atoms with E-state index in [1.165, 1.54) is 19.4 Å². The van der Waals surface area contributed by atoms with Crippen LogP contribution in [0.25, 0.3) is 0 Å². The second kappa shape index (κ2) is 7.90. The summed E-state index contributed by atoms with van der Waals surface area (Å²) in [6.45, 7) is 14.1. The predicted octanol–water partition coefficient (Wildman–Crippen LogP) is 2.14. The minimum Gasteiger partial charge on any atom is -0.311 e. The van der Waals surface area contributed by atoms with Crippen molar-refractivity contribution in [1.29, 1.82) is 0 Å². The molecule has 0 aromatic carbocycles. The monoisotopic (exact) mass is 293 g/mol. The molecule has 0 saturated heterocycles. The first-order valence-electron chi connectivity index (χ1n) is 8.38. The quantitative estimate of drug-likeness (QED) is 0.718. The highest BCUT2D eigenvalue weighted by Crippen LogP contribution is 2.27. The summed E-state index contributed by atoms with van der Waals surface area (Å²) < 4.78 is 1.99. The average molecular weight is 293 g/mol. The van der Waals surface area contributed by atoms with Crippen molar-refractivity contribution in [3.63, 3.8) is 0 Å². The van der Waals surface area contributed by atoms with Gasteiger partial charge in [-0.25, -0.2) is 0 Å². The number of hydrogen-bond acceptors (Lipinski definition) is 4. The van der Waals surface area contributed by atoms with E-state index >= 15 is 0 Å². The molecule has 5 heteroatoms. The van der Waals surface area contributed by atoms with Gasteiger partial charge in [0.25, 0.3) is 0 Å². The van der Waals surface area contributed by atoms with Crippen LogP contribution in [0.3, 0.4) is 0 Å². The van der Waals surface area contributed by atoms with Crippen LogP contribution in [0.4, 0.5) is 0 Å². The second-order valence-electron chi connectivity index (χ2n) is 7.12. The Morgan fingerprint density at radius 2 is 2.05 bits per heavy atom. The van der Waals surface area contributed by atoms with Crippen molar-refractivity contribution in [1.82, 2.24) is 25.2 Å². The highest BCUT2D eigenvalue weighted by atomic mass is 15.4. The maximum absolute atomic E-state index is 4.24. The lowest BCUT2D eigenvalue weighted by atomic mass is 10.2. The van der Waals surface area contributed by atoms with Gasteiger partial charge in [-0.3, -0.25) is 9.58 Å². The molecule has 1 N–H and O–H groups in total. The molecule has 1 heterocycles. The molecule has 0 amide bonds. The van der Waals surface area contributed by atoms with Crippen LogP contribution in [0.15, 0.2) is 6.20 Å². The lowest BCUT2D eigenvalue weighted by Crippen LogP contribution is -2.33. The van der Waals surface area contributed by atoms with Gasteiger partial charge >= 0.3 is 0 Å². The van der Waals surface area contributed by atoms with E-state index in [-0.39, 0.29) is 0 Å². The molecule has 1 aliphatic rings. The van der Waals surface area contributed by atoms with E-state index in [9.17, 15) is 0 Å². The van der Waals surface area contributed by atoms with Gasteiger partial charge in [-0.15, -0.1) is 5.10 Å². The minimum absolute atomic E-state index is 0.670. The zero-order chi connectivity index (χ0) is 15.2. The SMILES string of the molecule is CC(C)CNCc1cn(CCN(CC(C)C)C2CC2)nn1. The summed E-state index contributed by atoms with van der Waals surface area (Å²) in [4.78, 5) is 2.61. The summed E-state index contributed by atoms with van der Waals surface area (Å²) in [6, 6.07) is 0.822. The van der Waals surface area contributed by atoms with E-state index in [4.69, 9.17) is 0 Å². The Bertz CT molecular complexity index is 409. The Balaban J connectivity index is 1.73. The van der Waals surface area contributed by atoms with Crippen LogP contribution >= 0.6 is 0 Å². The second-order valence-corrected chi connectivity index (χ2v) is 7.12. The molecule has 1 aromatic heterocycles. The molecule has 2 rings (SSSR count). The van der Waals surface area contributed by atoms with Gasteiger partial charge in [-0.2, -0.15) is 0 Å². The van der Waals surface area contributed by atoms with Crippen LogP contribution in [0.1, 0.15) is 46.2 Å². The number of aromatic nitrogens is 3. The van der Waals surface area contributed by atoms with E-state index < -0.39 is 0 Å². The van der Waals surface area contributed by atoms with Crippen LogP contribution < -0.4 is 5.32 Å². The van der Waals surface area contributed by atoms with Gasteiger partial charge in [0, 0.05) is 31.9 Å². The van der Waals surface area contributed by atoms with Crippen molar-refractivity contribution in [2.45, 2.75) is 59.7 Å². The van der Waals surface area contributed by atoms with E-state index in [1.807, 2.05) is 4.68 Å². The first-order chi connectivity index (χ1) is 10.0. The maximum atomic E-state index is 4.24. The first kappa shape index (κ1) is 16.4. The maximum Gasteiger partial charge on any atom is 0.0964 e. The molecule has 1 aromatic rings. The standard InChI is InChI=1S/C16H31N5/c1-13(2)9-17-10-15-12-21(19-18-15)8-7-20(11-14(3)4)16-5-6-16/h12-14,16-17H,5-11H2,1-4H3. The Morgan fingerprint density at radius 3 is 2.67 bits per heavy atom. The molecule has 1 saturated carbocycles. The van der Waals surface area contributed by atoms with E-state index in [2.05, 4.69) is 54.4 Å². The Kier molecular flexibility index (Phi) is 6.18. The number of hydrogen-bond donors (Lipinski definition) is 1. The molecule has 0 radical (unpaired) electrons. The third-order valence-corrected chi connectivity index (χ3v) is 3.72. The van der Waals surface area contributed by atoms with Gasteiger partial charge in [0.15, 0.2) is 0 Å². The van der Waals surface area contributed by atoms with Crippen molar-refractivity contribution in [2.75, 3.05) is 19.6 Å². The summed E-state index contributed by atoms with van der Waals surface area (Å²) in [7, 11) is 0. The topological polar surface area (TPSA) is 46.0 Å². The highest BCUT2D eigenvalue weighted by Gasteiger charge is 2.28. The fourth-order valence-electron chi connectivity index (χ4n) is 2.58. The molecular weight excluding hydrogens is 262 g/mol. The lowest BCUT2D eigenvalue weighted by molar-refractivity contribution is 0.222. The summed E-state index contributed by atoms with van der Waals surface area (Å²) in [5, 5.41) is 11.9. The molecule has 5 nitrogen and oxygen atoms in total. The Labute approximate surface area is 129 Å². The zero-order valence-corrected chi connectivity index (χ0v) is 14.0. The molecule has 1 aliphatic carbocycles. The summed E-state index contributed by atoms with van der Waals surface area (Å²) >= 11 is 0. The van der Waals surface area contributed by atoms with Gasteiger partial charge < -0.3 is 5.32 Å². The Hall–Kier alpha value is -0.940. The summed E-state index contributed by atoms with van der Waals surface area (Å²) in [5.74, 6) is 1.40. The van der Waals surface area contributed by atoms with E-state index in [1.54, 1.807) is 0 Å². The van der Waals surface area contributed by atoms with Crippen molar-refractivity contribution in [3.05, 3.63) is 11.9 Å². The molecule has 0 atom stereocenters. The lowest BCUT2D eigenvalue weighted by Gasteiger charge is -2.23. The van der Waals surface area contributed by atoms with Crippen LogP contribution in [-0.2, 0) is 13.1 Å². The molecule has 0 aliphatic heterocycles. The normalized spacial score (nSPS) is 15.6. The fourth-order valence-corrected chi connectivity index (χ4v) is 2.58. The highest BCUT2D eigenvalue weighted by molar-refractivity contribution is 4.92. The minimum atomic E-state index is 0.670. The van der Waals surface area contributed by atoms with Crippen molar-refractivity contribution < 1.29 is 0 Å². The predicted molar refractivity (Wildman–Crippen MR) is 86.0 cm³/mol. The van der Waals surface area contributed by atoms with Crippen molar-refractivity contribution >= 4 is 0 Å². The molecule has 21 heavy (non-hydrogen) atoms. The van der Waals surface area contributed by atoms with Gasteiger partial charge in [-0.05, 0) is 31.2 Å². The van der Waals surface area contributed by atoms with E-state index in [0.717, 1.165) is 43.8 Å². The first-order valence-corrected chi connectivity index (χ1v) is 8.38. The third kappa shape index (κ3) is 6.14. The zero-order valence-electron chi connectivity index (χ0n) is 14.0. The molecule has 0 spiro atoms. The average Bonchev–Trinajstić information content (AvgIpc) is 3.15. The smallest absolute Gasteiger partial charge is 0.0964 e. The molecule has 0 unspecified atom stereocenters. The van der Waals surface area contributed by atoms with E-state index in [0.29, 0.717) is 5.92 Å². The molecule has 120 valence electrons. The van der Waals surface area contributed by atoms with Gasteiger partial charge in [-0.1, -0.05) is 32.9 Å².